The number of nitrogens with two attached hydrogens (primary N) is 1. The predicted octanol–water partition coefficient (Wildman–Crippen LogP) is 2.70. The zero-order chi connectivity index (χ0) is 14.3. The minimum absolute atomic E-state index is 0.270. The van der Waals surface area contributed by atoms with Crippen LogP contribution >= 0.6 is 23.1 Å². The molecule has 3 rings (SSSR count). The second-order valence-electron chi connectivity index (χ2n) is 5.36. The van der Waals surface area contributed by atoms with Crippen molar-refractivity contribution in [3.05, 3.63) is 16.3 Å². The molecular weight excluding hydrogens is 290 g/mol. The molecule has 0 aromatic carbocycles. The van der Waals surface area contributed by atoms with Gasteiger partial charge in [0.2, 0.25) is 5.91 Å². The highest BCUT2D eigenvalue weighted by Gasteiger charge is 2.23. The SMILES string of the molecule is Cc1nc(SCC(N)=O)c2c3c(sc2n1)CC(C)CC3. The molecule has 0 fully saturated rings. The standard InChI is InChI=1S/C14H17N3OS2/c1-7-3-4-9-10(5-7)20-14-12(9)13(16-8(2)17-14)19-6-11(15)18/h7H,3-6H2,1-2H3,(H2,15,18). The van der Waals surface area contributed by atoms with E-state index in [1.807, 2.05) is 6.92 Å². The number of aryl methyl sites for hydroxylation is 2. The highest BCUT2D eigenvalue weighted by atomic mass is 32.2. The van der Waals surface area contributed by atoms with Crippen LogP contribution in [0.2, 0.25) is 0 Å². The van der Waals surface area contributed by atoms with Gasteiger partial charge in [0.1, 0.15) is 15.7 Å². The number of hydrogen-bond donors (Lipinski definition) is 1. The molecular formula is C14H17N3OS2. The smallest absolute Gasteiger partial charge is 0.227 e. The number of rotatable bonds is 3. The van der Waals surface area contributed by atoms with E-state index in [0.29, 0.717) is 0 Å². The molecule has 2 heterocycles. The lowest BCUT2D eigenvalue weighted by Gasteiger charge is -2.18. The monoisotopic (exact) mass is 307 g/mol. The van der Waals surface area contributed by atoms with Crippen molar-refractivity contribution in [1.82, 2.24) is 9.97 Å². The first-order valence-corrected chi connectivity index (χ1v) is 8.54. The maximum atomic E-state index is 11.0. The molecule has 1 aliphatic rings. The van der Waals surface area contributed by atoms with E-state index >= 15 is 0 Å². The fourth-order valence-electron chi connectivity index (χ4n) is 2.65. The molecule has 4 nitrogen and oxygen atoms in total. The molecule has 20 heavy (non-hydrogen) atoms. The van der Waals surface area contributed by atoms with E-state index < -0.39 is 0 Å². The van der Waals surface area contributed by atoms with Crippen molar-refractivity contribution < 1.29 is 4.79 Å². The zero-order valence-corrected chi connectivity index (χ0v) is 13.2. The maximum absolute atomic E-state index is 11.0. The van der Waals surface area contributed by atoms with Gasteiger partial charge < -0.3 is 5.73 Å². The van der Waals surface area contributed by atoms with Gasteiger partial charge in [-0.3, -0.25) is 4.79 Å². The lowest BCUT2D eigenvalue weighted by Crippen LogP contribution is -2.13. The number of thioether (sulfide) groups is 1. The summed E-state index contributed by atoms with van der Waals surface area (Å²) in [5.74, 6) is 1.46. The van der Waals surface area contributed by atoms with Crippen molar-refractivity contribution in [3.8, 4) is 0 Å². The van der Waals surface area contributed by atoms with Gasteiger partial charge in [0.25, 0.3) is 0 Å². The third-order valence-electron chi connectivity index (χ3n) is 3.58. The van der Waals surface area contributed by atoms with Gasteiger partial charge in [0.15, 0.2) is 0 Å². The number of amides is 1. The summed E-state index contributed by atoms with van der Waals surface area (Å²) in [6, 6.07) is 0. The largest absolute Gasteiger partial charge is 0.369 e. The van der Waals surface area contributed by atoms with Crippen LogP contribution in [0.15, 0.2) is 5.03 Å². The van der Waals surface area contributed by atoms with E-state index in [4.69, 9.17) is 5.73 Å². The molecule has 1 aliphatic carbocycles. The van der Waals surface area contributed by atoms with Crippen molar-refractivity contribution >= 4 is 39.2 Å². The third-order valence-corrected chi connectivity index (χ3v) is 5.73. The first-order chi connectivity index (χ1) is 9.54. The van der Waals surface area contributed by atoms with E-state index in [1.165, 1.54) is 28.6 Å². The number of fused-ring (bicyclic) bond motifs is 3. The Kier molecular flexibility index (Phi) is 3.69. The van der Waals surface area contributed by atoms with Gasteiger partial charge in [-0.2, -0.15) is 0 Å². The topological polar surface area (TPSA) is 68.9 Å². The normalized spacial score (nSPS) is 18.2. The average Bonchev–Trinajstić information content (AvgIpc) is 2.72. The van der Waals surface area contributed by atoms with Gasteiger partial charge in [-0.05, 0) is 37.7 Å². The van der Waals surface area contributed by atoms with Crippen LogP contribution in [-0.4, -0.2) is 21.6 Å². The first kappa shape index (κ1) is 13.8. The van der Waals surface area contributed by atoms with Gasteiger partial charge in [0.05, 0.1) is 5.75 Å². The van der Waals surface area contributed by atoms with Crippen molar-refractivity contribution in [2.24, 2.45) is 11.7 Å². The van der Waals surface area contributed by atoms with Crippen LogP contribution in [0.1, 0.15) is 29.6 Å². The van der Waals surface area contributed by atoms with Gasteiger partial charge in [0, 0.05) is 10.3 Å². The van der Waals surface area contributed by atoms with E-state index in [-0.39, 0.29) is 11.7 Å². The number of primary amides is 1. The third kappa shape index (κ3) is 2.54. The molecule has 0 aliphatic heterocycles. The Morgan fingerprint density at radius 1 is 1.50 bits per heavy atom. The average molecular weight is 307 g/mol. The maximum Gasteiger partial charge on any atom is 0.227 e. The lowest BCUT2D eigenvalue weighted by atomic mass is 9.89. The molecule has 2 N–H and O–H groups in total. The highest BCUT2D eigenvalue weighted by Crippen LogP contribution is 2.40. The zero-order valence-electron chi connectivity index (χ0n) is 11.6. The number of carbonyl (C=O) groups is 1. The van der Waals surface area contributed by atoms with Crippen molar-refractivity contribution in [2.45, 2.75) is 38.1 Å². The molecule has 0 saturated heterocycles. The summed E-state index contributed by atoms with van der Waals surface area (Å²) in [5.41, 5.74) is 6.65. The van der Waals surface area contributed by atoms with Gasteiger partial charge in [-0.25, -0.2) is 9.97 Å². The molecule has 2 aromatic heterocycles. The summed E-state index contributed by atoms with van der Waals surface area (Å²) in [7, 11) is 0. The van der Waals surface area contributed by atoms with Gasteiger partial charge >= 0.3 is 0 Å². The Balaban J connectivity index is 2.11. The summed E-state index contributed by atoms with van der Waals surface area (Å²) >= 11 is 3.22. The molecule has 0 radical (unpaired) electrons. The minimum atomic E-state index is -0.308. The Morgan fingerprint density at radius 3 is 3.05 bits per heavy atom. The van der Waals surface area contributed by atoms with Crippen LogP contribution < -0.4 is 5.73 Å². The second kappa shape index (κ2) is 5.33. The Bertz CT molecular complexity index is 681. The highest BCUT2D eigenvalue weighted by molar-refractivity contribution is 8.00. The minimum Gasteiger partial charge on any atom is -0.369 e. The van der Waals surface area contributed by atoms with Crippen molar-refractivity contribution in [2.75, 3.05) is 5.75 Å². The summed E-state index contributed by atoms with van der Waals surface area (Å²) in [6.45, 7) is 4.20. The summed E-state index contributed by atoms with van der Waals surface area (Å²) < 4.78 is 0. The van der Waals surface area contributed by atoms with Crippen LogP contribution in [-0.2, 0) is 17.6 Å². The number of thiophene rings is 1. The van der Waals surface area contributed by atoms with E-state index in [9.17, 15) is 4.79 Å². The number of aromatic nitrogens is 2. The number of nitrogens with zero attached hydrogens (tertiary/aromatic N) is 2. The summed E-state index contributed by atoms with van der Waals surface area (Å²) in [6.07, 6.45) is 3.44. The van der Waals surface area contributed by atoms with E-state index in [1.54, 1.807) is 11.3 Å². The molecule has 1 atom stereocenters. The molecule has 1 amide bonds. The summed E-state index contributed by atoms with van der Waals surface area (Å²) in [5, 5.41) is 2.08. The van der Waals surface area contributed by atoms with Crippen LogP contribution in [0.25, 0.3) is 10.2 Å². The van der Waals surface area contributed by atoms with Gasteiger partial charge in [-0.15, -0.1) is 11.3 Å². The molecule has 106 valence electrons. The Morgan fingerprint density at radius 2 is 2.30 bits per heavy atom. The fraction of sp³-hybridized carbons (Fsp3) is 0.500. The molecule has 6 heteroatoms. The van der Waals surface area contributed by atoms with Crippen LogP contribution in [0.3, 0.4) is 0 Å². The summed E-state index contributed by atoms with van der Waals surface area (Å²) in [4.78, 5) is 22.6. The number of carbonyl (C=O) groups excluding carboxylic acids is 1. The quantitative estimate of drug-likeness (QED) is 0.699. The van der Waals surface area contributed by atoms with Crippen LogP contribution in [0.4, 0.5) is 0 Å². The fourth-order valence-corrected chi connectivity index (χ4v) is 4.99. The van der Waals surface area contributed by atoms with Crippen LogP contribution in [0.5, 0.6) is 0 Å². The van der Waals surface area contributed by atoms with Crippen molar-refractivity contribution in [3.63, 3.8) is 0 Å². The van der Waals surface area contributed by atoms with E-state index in [0.717, 1.165) is 39.8 Å². The first-order valence-electron chi connectivity index (χ1n) is 6.74. The van der Waals surface area contributed by atoms with Crippen molar-refractivity contribution in [1.29, 1.82) is 0 Å². The second-order valence-corrected chi connectivity index (χ2v) is 7.41. The Hall–Kier alpha value is -1.14. The predicted molar refractivity (Wildman–Crippen MR) is 83.3 cm³/mol. The molecule has 0 saturated carbocycles. The Labute approximate surface area is 126 Å². The number of hydrogen-bond acceptors (Lipinski definition) is 5. The van der Waals surface area contributed by atoms with Crippen LogP contribution in [0, 0.1) is 12.8 Å². The molecule has 0 bridgehead atoms. The molecule has 2 aromatic rings. The van der Waals surface area contributed by atoms with E-state index in [2.05, 4.69) is 16.9 Å². The van der Waals surface area contributed by atoms with Gasteiger partial charge in [-0.1, -0.05) is 18.7 Å². The molecule has 1 unspecified atom stereocenters. The lowest BCUT2D eigenvalue weighted by molar-refractivity contribution is -0.115. The molecule has 0 spiro atoms.